The van der Waals surface area contributed by atoms with Gasteiger partial charge in [-0.15, -0.1) is 0 Å². The predicted octanol–water partition coefficient (Wildman–Crippen LogP) is 3.17. The lowest BCUT2D eigenvalue weighted by molar-refractivity contribution is 0.724. The van der Waals surface area contributed by atoms with Crippen molar-refractivity contribution in [2.45, 2.75) is 6.42 Å². The Labute approximate surface area is 141 Å². The van der Waals surface area contributed by atoms with E-state index in [0.29, 0.717) is 0 Å². The van der Waals surface area contributed by atoms with Gasteiger partial charge in [0.05, 0.1) is 5.52 Å². The van der Waals surface area contributed by atoms with Gasteiger partial charge in [-0.3, -0.25) is 0 Å². The number of hydrogen-bond acceptors (Lipinski definition) is 5. The number of pyridine rings is 2. The maximum Gasteiger partial charge on any atom is 0.133 e. The van der Waals surface area contributed by atoms with Gasteiger partial charge in [-0.1, -0.05) is 18.2 Å². The topological polar surface area (TPSA) is 53.1 Å². The normalized spacial score (nSPS) is 15.2. The molecule has 24 heavy (non-hydrogen) atoms. The summed E-state index contributed by atoms with van der Waals surface area (Å²) in [7, 11) is 0. The number of nitrogens with one attached hydrogen (secondary N) is 2. The molecule has 0 saturated carbocycles. The summed E-state index contributed by atoms with van der Waals surface area (Å²) < 4.78 is 0. The number of anilines is 3. The van der Waals surface area contributed by atoms with Gasteiger partial charge in [0.1, 0.15) is 11.6 Å². The number of para-hydroxylation sites is 1. The minimum atomic E-state index is 0.816. The first kappa shape index (κ1) is 14.9. The van der Waals surface area contributed by atoms with Crippen LogP contribution in [-0.2, 0) is 0 Å². The van der Waals surface area contributed by atoms with Crippen LogP contribution in [0, 0.1) is 0 Å². The molecule has 5 heteroatoms. The lowest BCUT2D eigenvalue weighted by Gasteiger charge is -2.22. The largest absolute Gasteiger partial charge is 0.370 e. The molecule has 122 valence electrons. The van der Waals surface area contributed by atoms with E-state index in [-0.39, 0.29) is 0 Å². The Hall–Kier alpha value is -2.66. The van der Waals surface area contributed by atoms with Crippen molar-refractivity contribution in [1.82, 2.24) is 15.3 Å². The van der Waals surface area contributed by atoms with Crippen molar-refractivity contribution in [3.05, 3.63) is 54.7 Å². The van der Waals surface area contributed by atoms with Crippen LogP contribution < -0.4 is 15.5 Å². The number of aromatic nitrogens is 2. The van der Waals surface area contributed by atoms with Crippen LogP contribution in [0.2, 0.25) is 0 Å². The molecule has 0 spiro atoms. The van der Waals surface area contributed by atoms with Crippen molar-refractivity contribution >= 4 is 28.2 Å². The summed E-state index contributed by atoms with van der Waals surface area (Å²) in [6, 6.07) is 16.4. The van der Waals surface area contributed by atoms with Crippen molar-refractivity contribution in [2.75, 3.05) is 36.4 Å². The fourth-order valence-corrected chi connectivity index (χ4v) is 3.06. The third-order valence-corrected chi connectivity index (χ3v) is 4.30. The Kier molecular flexibility index (Phi) is 4.25. The summed E-state index contributed by atoms with van der Waals surface area (Å²) in [5.74, 6) is 1.64. The molecule has 4 rings (SSSR count). The zero-order valence-electron chi connectivity index (χ0n) is 13.6. The maximum atomic E-state index is 4.65. The summed E-state index contributed by atoms with van der Waals surface area (Å²) >= 11 is 0. The van der Waals surface area contributed by atoms with Crippen LogP contribution in [0.4, 0.5) is 17.3 Å². The molecule has 2 aromatic heterocycles. The minimum absolute atomic E-state index is 0.816. The van der Waals surface area contributed by atoms with E-state index in [1.807, 2.05) is 30.5 Å². The highest BCUT2D eigenvalue weighted by atomic mass is 15.2. The monoisotopic (exact) mass is 319 g/mol. The van der Waals surface area contributed by atoms with Crippen LogP contribution in [0.25, 0.3) is 10.9 Å². The van der Waals surface area contributed by atoms with Crippen LogP contribution >= 0.6 is 0 Å². The first-order valence-corrected chi connectivity index (χ1v) is 8.43. The standard InChI is InChI=1S/C19H21N5/c1-2-5-17-15(4-1)6-7-18(22-17)23-19-14-16(8-10-21-19)24-12-3-9-20-11-13-24/h1-2,4-8,10,14,20H,3,9,11-13H2,(H,21,22,23). The Balaban J connectivity index is 1.56. The van der Waals surface area contributed by atoms with Crippen LogP contribution in [0.3, 0.4) is 0 Å². The summed E-state index contributed by atoms with van der Waals surface area (Å²) in [6.07, 6.45) is 3.02. The molecule has 0 bridgehead atoms. The average Bonchev–Trinajstić information content (AvgIpc) is 2.91. The van der Waals surface area contributed by atoms with Crippen molar-refractivity contribution in [1.29, 1.82) is 0 Å². The van der Waals surface area contributed by atoms with Gasteiger partial charge in [-0.2, -0.15) is 0 Å². The first-order chi connectivity index (χ1) is 11.9. The summed E-state index contributed by atoms with van der Waals surface area (Å²) in [6.45, 7) is 4.22. The van der Waals surface area contributed by atoms with E-state index in [1.165, 1.54) is 5.69 Å². The lowest BCUT2D eigenvalue weighted by Crippen LogP contribution is -2.27. The number of benzene rings is 1. The van der Waals surface area contributed by atoms with E-state index in [2.05, 4.69) is 49.8 Å². The van der Waals surface area contributed by atoms with Crippen molar-refractivity contribution < 1.29 is 0 Å². The van der Waals surface area contributed by atoms with E-state index in [4.69, 9.17) is 0 Å². The lowest BCUT2D eigenvalue weighted by atomic mass is 10.2. The second kappa shape index (κ2) is 6.84. The predicted molar refractivity (Wildman–Crippen MR) is 99.0 cm³/mol. The second-order valence-electron chi connectivity index (χ2n) is 6.00. The highest BCUT2D eigenvalue weighted by Crippen LogP contribution is 2.22. The zero-order valence-corrected chi connectivity index (χ0v) is 13.6. The van der Waals surface area contributed by atoms with Crippen LogP contribution in [0.15, 0.2) is 54.7 Å². The molecule has 2 N–H and O–H groups in total. The van der Waals surface area contributed by atoms with E-state index in [1.54, 1.807) is 0 Å². The van der Waals surface area contributed by atoms with Crippen LogP contribution in [0.5, 0.6) is 0 Å². The van der Waals surface area contributed by atoms with Gasteiger partial charge in [0.15, 0.2) is 0 Å². The fraction of sp³-hybridized carbons (Fsp3) is 0.263. The molecule has 0 amide bonds. The zero-order chi connectivity index (χ0) is 16.2. The van der Waals surface area contributed by atoms with Gasteiger partial charge < -0.3 is 15.5 Å². The Bertz CT molecular complexity index is 825. The first-order valence-electron chi connectivity index (χ1n) is 8.43. The molecular weight excluding hydrogens is 298 g/mol. The van der Waals surface area contributed by atoms with Gasteiger partial charge >= 0.3 is 0 Å². The number of rotatable bonds is 3. The molecule has 5 nitrogen and oxygen atoms in total. The van der Waals surface area contributed by atoms with Crippen LogP contribution in [0.1, 0.15) is 6.42 Å². The van der Waals surface area contributed by atoms with E-state index in [9.17, 15) is 0 Å². The molecule has 0 radical (unpaired) electrons. The minimum Gasteiger partial charge on any atom is -0.370 e. The second-order valence-corrected chi connectivity index (χ2v) is 6.00. The van der Waals surface area contributed by atoms with Gasteiger partial charge in [0, 0.05) is 43.0 Å². The molecule has 0 aliphatic carbocycles. The Morgan fingerprint density at radius 1 is 0.958 bits per heavy atom. The van der Waals surface area contributed by atoms with Gasteiger partial charge in [0.25, 0.3) is 0 Å². The number of nitrogens with zero attached hydrogens (tertiary/aromatic N) is 3. The maximum absolute atomic E-state index is 4.65. The van der Waals surface area contributed by atoms with Crippen molar-refractivity contribution in [3.8, 4) is 0 Å². The molecule has 1 saturated heterocycles. The van der Waals surface area contributed by atoms with Crippen molar-refractivity contribution in [2.24, 2.45) is 0 Å². The molecule has 3 aromatic rings. The molecule has 1 aromatic carbocycles. The van der Waals surface area contributed by atoms with Crippen molar-refractivity contribution in [3.63, 3.8) is 0 Å². The van der Waals surface area contributed by atoms with Crippen LogP contribution in [-0.4, -0.2) is 36.1 Å². The fourth-order valence-electron chi connectivity index (χ4n) is 3.06. The molecule has 1 fully saturated rings. The summed E-state index contributed by atoms with van der Waals surface area (Å²) in [5, 5.41) is 7.90. The summed E-state index contributed by atoms with van der Waals surface area (Å²) in [4.78, 5) is 11.5. The Morgan fingerprint density at radius 3 is 2.92 bits per heavy atom. The summed E-state index contributed by atoms with van der Waals surface area (Å²) in [5.41, 5.74) is 2.19. The third kappa shape index (κ3) is 3.31. The quantitative estimate of drug-likeness (QED) is 0.776. The average molecular weight is 319 g/mol. The van der Waals surface area contributed by atoms with E-state index in [0.717, 1.165) is 55.1 Å². The van der Waals surface area contributed by atoms with Gasteiger partial charge in [-0.25, -0.2) is 9.97 Å². The smallest absolute Gasteiger partial charge is 0.133 e. The van der Waals surface area contributed by atoms with E-state index < -0.39 is 0 Å². The van der Waals surface area contributed by atoms with Gasteiger partial charge in [0.2, 0.25) is 0 Å². The molecule has 0 atom stereocenters. The highest BCUT2D eigenvalue weighted by molar-refractivity contribution is 5.80. The molecule has 3 heterocycles. The molecule has 0 unspecified atom stereocenters. The SMILES string of the molecule is c1ccc2nc(Nc3cc(N4CCCNCC4)ccn3)ccc2c1. The third-order valence-electron chi connectivity index (χ3n) is 4.30. The highest BCUT2D eigenvalue weighted by Gasteiger charge is 2.10. The molecule has 1 aliphatic rings. The van der Waals surface area contributed by atoms with E-state index >= 15 is 0 Å². The Morgan fingerprint density at radius 2 is 1.92 bits per heavy atom. The van der Waals surface area contributed by atoms with Gasteiger partial charge in [-0.05, 0) is 37.2 Å². The number of fused-ring (bicyclic) bond motifs is 1. The molecular formula is C19H21N5. The number of hydrogen-bond donors (Lipinski definition) is 2. The molecule has 1 aliphatic heterocycles.